The molecule has 6 nitrogen and oxygen atoms in total. The molecule has 1 unspecified atom stereocenters. The third-order valence-corrected chi connectivity index (χ3v) is 7.43. The molecule has 0 saturated heterocycles. The van der Waals surface area contributed by atoms with Crippen LogP contribution >= 0.6 is 0 Å². The van der Waals surface area contributed by atoms with Crippen molar-refractivity contribution in [3.05, 3.63) is 60.8 Å². The van der Waals surface area contributed by atoms with Crippen LogP contribution in [0.2, 0.25) is 0 Å². The summed E-state index contributed by atoms with van der Waals surface area (Å²) >= 11 is 0. The number of ether oxygens (including phenoxy) is 2. The van der Waals surface area contributed by atoms with Gasteiger partial charge in [0.1, 0.15) is 6.61 Å². The van der Waals surface area contributed by atoms with E-state index in [0.29, 0.717) is 19.3 Å². The number of hydrogen-bond acceptors (Lipinski definition) is 6. The molecule has 2 atom stereocenters. The maximum absolute atomic E-state index is 12.1. The highest BCUT2D eigenvalue weighted by Gasteiger charge is 2.16. The van der Waals surface area contributed by atoms with Crippen molar-refractivity contribution in [2.45, 2.75) is 161 Å². The zero-order valence-electron chi connectivity index (χ0n) is 28.7. The maximum Gasteiger partial charge on any atom is 0.306 e. The first-order valence-electron chi connectivity index (χ1n) is 18.0. The van der Waals surface area contributed by atoms with Crippen molar-refractivity contribution in [3.63, 3.8) is 0 Å². The van der Waals surface area contributed by atoms with E-state index in [1.807, 2.05) is 18.2 Å². The molecule has 0 aliphatic rings. The maximum atomic E-state index is 12.1. The highest BCUT2D eigenvalue weighted by molar-refractivity contribution is 5.70. The quantitative estimate of drug-likeness (QED) is 0.0343. The Morgan fingerprint density at radius 2 is 1.13 bits per heavy atom. The van der Waals surface area contributed by atoms with Gasteiger partial charge in [0.05, 0.1) is 12.7 Å². The first-order valence-corrected chi connectivity index (χ1v) is 18.0. The minimum atomic E-state index is -0.844. The highest BCUT2D eigenvalue weighted by Crippen LogP contribution is 2.13. The Balaban J connectivity index is 3.81. The molecule has 0 bridgehead atoms. The second kappa shape index (κ2) is 34.4. The van der Waals surface area contributed by atoms with Crippen LogP contribution < -0.4 is 0 Å². The van der Waals surface area contributed by atoms with E-state index >= 15 is 0 Å². The van der Waals surface area contributed by atoms with Crippen LogP contribution in [0.4, 0.5) is 0 Å². The molecule has 0 aliphatic carbocycles. The molecule has 0 aliphatic heterocycles. The van der Waals surface area contributed by atoms with Gasteiger partial charge in [-0.15, -0.1) is 0 Å². The number of hydrogen-bond donors (Lipinski definition) is 2. The van der Waals surface area contributed by atoms with Crippen molar-refractivity contribution in [1.82, 2.24) is 0 Å². The molecule has 2 N–H and O–H groups in total. The topological polar surface area (TPSA) is 93.1 Å². The fourth-order valence-electron chi connectivity index (χ4n) is 4.70. The summed E-state index contributed by atoms with van der Waals surface area (Å²) in [6, 6.07) is 0. The van der Waals surface area contributed by atoms with Gasteiger partial charge in [0.25, 0.3) is 0 Å². The lowest BCUT2D eigenvalue weighted by atomic mass is 10.0. The van der Waals surface area contributed by atoms with E-state index in [9.17, 15) is 19.8 Å². The Kier molecular flexibility index (Phi) is 32.6. The minimum Gasteiger partial charge on any atom is -0.462 e. The lowest BCUT2D eigenvalue weighted by Crippen LogP contribution is -2.28. The number of unbranched alkanes of at least 4 members (excludes halogenated alkanes) is 12. The molecule has 0 amide bonds. The van der Waals surface area contributed by atoms with Crippen LogP contribution in [0.25, 0.3) is 0 Å². The predicted octanol–water partition coefficient (Wildman–Crippen LogP) is 9.81. The molecule has 0 spiro atoms. The molecule has 45 heavy (non-hydrogen) atoms. The molecule has 0 fully saturated rings. The van der Waals surface area contributed by atoms with Crippen LogP contribution in [-0.2, 0) is 19.1 Å². The lowest BCUT2D eigenvalue weighted by Gasteiger charge is -2.16. The molecule has 0 radical (unpaired) electrons. The molecule has 0 saturated carbocycles. The van der Waals surface area contributed by atoms with Crippen molar-refractivity contribution in [2.24, 2.45) is 0 Å². The third kappa shape index (κ3) is 32.8. The van der Waals surface area contributed by atoms with Crippen LogP contribution in [0.3, 0.4) is 0 Å². The molecule has 0 rings (SSSR count). The number of carbonyl (C=O) groups is 2. The highest BCUT2D eigenvalue weighted by atomic mass is 16.6. The Hall–Kier alpha value is -2.44. The molecule has 258 valence electrons. The van der Waals surface area contributed by atoms with E-state index in [1.165, 1.54) is 64.2 Å². The first kappa shape index (κ1) is 42.6. The zero-order valence-corrected chi connectivity index (χ0v) is 28.7. The summed E-state index contributed by atoms with van der Waals surface area (Å²) < 4.78 is 10.5. The predicted molar refractivity (Wildman–Crippen MR) is 188 cm³/mol. The van der Waals surface area contributed by atoms with Crippen molar-refractivity contribution < 1.29 is 29.3 Å². The van der Waals surface area contributed by atoms with Gasteiger partial charge >= 0.3 is 11.9 Å². The SMILES string of the molecule is CC/C=C\C/C=C\C/C=C\C/C=C\C=C\C(O)CCCC(=O)OC[C@H](CO)OC(=O)CCCCCCCCCCCCCCC. The van der Waals surface area contributed by atoms with Crippen LogP contribution in [0, 0.1) is 0 Å². The molecular weight excluding hydrogens is 564 g/mol. The smallest absolute Gasteiger partial charge is 0.306 e. The molecular formula is C39H66O6. The second-order valence-corrected chi connectivity index (χ2v) is 11.8. The van der Waals surface area contributed by atoms with E-state index < -0.39 is 24.8 Å². The largest absolute Gasteiger partial charge is 0.462 e. The van der Waals surface area contributed by atoms with E-state index in [4.69, 9.17) is 9.47 Å². The second-order valence-electron chi connectivity index (χ2n) is 11.8. The summed E-state index contributed by atoms with van der Waals surface area (Å²) in [5.41, 5.74) is 0. The van der Waals surface area contributed by atoms with Gasteiger partial charge in [0.2, 0.25) is 0 Å². The van der Waals surface area contributed by atoms with Crippen molar-refractivity contribution in [2.75, 3.05) is 13.2 Å². The minimum absolute atomic E-state index is 0.153. The number of rotatable bonds is 31. The lowest BCUT2D eigenvalue weighted by molar-refractivity contribution is -0.161. The van der Waals surface area contributed by atoms with E-state index in [1.54, 1.807) is 6.08 Å². The number of aliphatic hydroxyl groups excluding tert-OH is 2. The Morgan fingerprint density at radius 3 is 1.69 bits per heavy atom. The van der Waals surface area contributed by atoms with E-state index in [0.717, 1.165) is 44.9 Å². The van der Waals surface area contributed by atoms with Gasteiger partial charge in [0.15, 0.2) is 6.10 Å². The number of aliphatic hydroxyl groups is 2. The fourth-order valence-corrected chi connectivity index (χ4v) is 4.70. The fraction of sp³-hybridized carbons (Fsp3) is 0.692. The molecule has 0 aromatic carbocycles. The number of allylic oxidation sites excluding steroid dienone is 9. The Morgan fingerprint density at radius 1 is 0.622 bits per heavy atom. The number of esters is 2. The summed E-state index contributed by atoms with van der Waals surface area (Å²) in [5.74, 6) is -0.799. The van der Waals surface area contributed by atoms with Gasteiger partial charge in [0, 0.05) is 12.8 Å². The zero-order chi connectivity index (χ0) is 33.1. The first-order chi connectivity index (χ1) is 22.0. The van der Waals surface area contributed by atoms with Crippen molar-refractivity contribution >= 4 is 11.9 Å². The van der Waals surface area contributed by atoms with Crippen LogP contribution in [0.5, 0.6) is 0 Å². The Labute approximate surface area is 275 Å². The Bertz CT molecular complexity index is 825. The summed E-state index contributed by atoms with van der Waals surface area (Å²) in [6.45, 7) is 3.83. The average molecular weight is 631 g/mol. The van der Waals surface area contributed by atoms with Gasteiger partial charge in [-0.2, -0.15) is 0 Å². The van der Waals surface area contributed by atoms with Gasteiger partial charge in [-0.05, 0) is 44.9 Å². The standard InChI is InChI=1S/C39H66O6/c1-3-5-7-9-11-13-15-17-19-21-23-25-27-30-36(41)31-29-33-38(42)44-35-37(34-40)45-39(43)32-28-26-24-22-20-18-16-14-12-10-8-6-4-2/h5,7,11,13,17,19,23,25,27,30,36-37,40-41H,3-4,6,8-10,12,14-16,18,20-22,24,26,28-29,31-35H2,1-2H3/b7-5-,13-11-,19-17-,25-23-,30-27+/t36?,37-/m0/s1. The summed E-state index contributed by atoms with van der Waals surface area (Å²) in [7, 11) is 0. The summed E-state index contributed by atoms with van der Waals surface area (Å²) in [5, 5.41) is 19.6. The number of carbonyl (C=O) groups excluding carboxylic acids is 2. The van der Waals surface area contributed by atoms with Crippen LogP contribution in [0.1, 0.15) is 149 Å². The van der Waals surface area contributed by atoms with Crippen LogP contribution in [0.15, 0.2) is 60.8 Å². The monoisotopic (exact) mass is 630 g/mol. The molecule has 6 heteroatoms. The normalized spacial score (nSPS) is 13.6. The van der Waals surface area contributed by atoms with Gasteiger partial charge in [-0.3, -0.25) is 9.59 Å². The summed E-state index contributed by atoms with van der Waals surface area (Å²) in [6.07, 6.45) is 40.2. The van der Waals surface area contributed by atoms with Crippen molar-refractivity contribution in [3.8, 4) is 0 Å². The van der Waals surface area contributed by atoms with Gasteiger partial charge in [-0.25, -0.2) is 0 Å². The molecule has 0 aromatic rings. The van der Waals surface area contributed by atoms with Crippen molar-refractivity contribution in [1.29, 1.82) is 0 Å². The summed E-state index contributed by atoms with van der Waals surface area (Å²) in [4.78, 5) is 24.2. The average Bonchev–Trinajstić information content (AvgIpc) is 3.03. The third-order valence-electron chi connectivity index (χ3n) is 7.43. The van der Waals surface area contributed by atoms with E-state index in [2.05, 4.69) is 50.3 Å². The van der Waals surface area contributed by atoms with Gasteiger partial charge in [-0.1, -0.05) is 152 Å². The van der Waals surface area contributed by atoms with Gasteiger partial charge < -0.3 is 19.7 Å². The molecule has 0 aromatic heterocycles. The van der Waals surface area contributed by atoms with E-state index in [-0.39, 0.29) is 19.0 Å². The molecule has 0 heterocycles. The van der Waals surface area contributed by atoms with Crippen LogP contribution in [-0.4, -0.2) is 47.6 Å².